The first kappa shape index (κ1) is 17.1. The van der Waals surface area contributed by atoms with E-state index < -0.39 is 18.2 Å². The number of carboxylic acids is 1. The molecule has 0 aliphatic carbocycles. The Labute approximate surface area is 130 Å². The minimum absolute atomic E-state index is 0.149. The molecule has 2 rings (SSSR count). The van der Waals surface area contributed by atoms with E-state index >= 15 is 0 Å². The molecule has 23 heavy (non-hydrogen) atoms. The number of aryl methyl sites for hydroxylation is 1. The zero-order valence-corrected chi connectivity index (χ0v) is 12.2. The van der Waals surface area contributed by atoms with Crippen molar-refractivity contribution in [1.82, 2.24) is 4.90 Å². The molecule has 1 unspecified atom stereocenters. The van der Waals surface area contributed by atoms with E-state index in [2.05, 4.69) is 4.74 Å². The third-order valence-electron chi connectivity index (χ3n) is 3.67. The third-order valence-corrected chi connectivity index (χ3v) is 3.67. The first-order valence-corrected chi connectivity index (χ1v) is 7.10. The number of hydrogen-bond donors (Lipinski definition) is 1. The van der Waals surface area contributed by atoms with Gasteiger partial charge in [0.1, 0.15) is 5.75 Å². The molecule has 1 heterocycles. The molecule has 0 bridgehead atoms. The SMILES string of the molecule is O=C(O)C1CCN(C(=O)CCc2ccc(OC(F)(F)F)cc2)C1. The Morgan fingerprint density at radius 1 is 1.26 bits per heavy atom. The topological polar surface area (TPSA) is 66.8 Å². The van der Waals surface area contributed by atoms with E-state index in [-0.39, 0.29) is 24.6 Å². The molecule has 1 atom stereocenters. The molecule has 1 N–H and O–H groups in total. The maximum absolute atomic E-state index is 12.0. The second-order valence-corrected chi connectivity index (χ2v) is 5.36. The second kappa shape index (κ2) is 6.89. The molecule has 0 spiro atoms. The zero-order valence-electron chi connectivity index (χ0n) is 12.2. The van der Waals surface area contributed by atoms with Crippen LogP contribution < -0.4 is 4.74 Å². The van der Waals surface area contributed by atoms with E-state index in [1.54, 1.807) is 0 Å². The average molecular weight is 331 g/mol. The molecule has 126 valence electrons. The van der Waals surface area contributed by atoms with Gasteiger partial charge >= 0.3 is 12.3 Å². The van der Waals surface area contributed by atoms with Gasteiger partial charge in [0.15, 0.2) is 0 Å². The summed E-state index contributed by atoms with van der Waals surface area (Å²) in [6.45, 7) is 0.640. The molecule has 1 saturated heterocycles. The Morgan fingerprint density at radius 2 is 1.91 bits per heavy atom. The van der Waals surface area contributed by atoms with Gasteiger partial charge in [0.05, 0.1) is 5.92 Å². The molecule has 0 saturated carbocycles. The lowest BCUT2D eigenvalue weighted by Crippen LogP contribution is -2.30. The predicted octanol–water partition coefficient (Wildman–Crippen LogP) is 2.45. The fraction of sp³-hybridized carbons (Fsp3) is 0.467. The van der Waals surface area contributed by atoms with Crippen LogP contribution in [0.1, 0.15) is 18.4 Å². The van der Waals surface area contributed by atoms with Crippen LogP contribution in [0.15, 0.2) is 24.3 Å². The van der Waals surface area contributed by atoms with E-state index in [1.807, 2.05) is 0 Å². The third kappa shape index (κ3) is 5.15. The summed E-state index contributed by atoms with van der Waals surface area (Å²) in [4.78, 5) is 24.4. The first-order chi connectivity index (χ1) is 10.7. The number of likely N-dealkylation sites (tertiary alicyclic amines) is 1. The number of ether oxygens (including phenoxy) is 1. The first-order valence-electron chi connectivity index (χ1n) is 7.10. The second-order valence-electron chi connectivity index (χ2n) is 5.36. The lowest BCUT2D eigenvalue weighted by Gasteiger charge is -2.15. The number of carbonyl (C=O) groups excluding carboxylic acids is 1. The Balaban J connectivity index is 1.82. The summed E-state index contributed by atoms with van der Waals surface area (Å²) in [5.41, 5.74) is 0.710. The van der Waals surface area contributed by atoms with Gasteiger partial charge in [-0.25, -0.2) is 0 Å². The number of carbonyl (C=O) groups is 2. The minimum atomic E-state index is -4.73. The van der Waals surface area contributed by atoms with Crippen molar-refractivity contribution in [3.8, 4) is 5.75 Å². The number of halogens is 3. The zero-order chi connectivity index (χ0) is 17.0. The lowest BCUT2D eigenvalue weighted by atomic mass is 10.1. The molecule has 0 radical (unpaired) electrons. The molecular weight excluding hydrogens is 315 g/mol. The highest BCUT2D eigenvalue weighted by Crippen LogP contribution is 2.23. The van der Waals surface area contributed by atoms with Crippen molar-refractivity contribution in [3.05, 3.63) is 29.8 Å². The van der Waals surface area contributed by atoms with Crippen molar-refractivity contribution in [2.75, 3.05) is 13.1 Å². The molecule has 1 aliphatic heterocycles. The number of aliphatic carboxylic acids is 1. The Hall–Kier alpha value is -2.25. The normalized spacial score (nSPS) is 18.0. The Bertz CT molecular complexity index is 571. The monoisotopic (exact) mass is 331 g/mol. The summed E-state index contributed by atoms with van der Waals surface area (Å²) >= 11 is 0. The van der Waals surface area contributed by atoms with Gasteiger partial charge in [-0.05, 0) is 30.5 Å². The van der Waals surface area contributed by atoms with E-state index in [0.29, 0.717) is 24.9 Å². The molecule has 1 aromatic carbocycles. The van der Waals surface area contributed by atoms with Gasteiger partial charge in [0, 0.05) is 19.5 Å². The van der Waals surface area contributed by atoms with E-state index in [4.69, 9.17) is 5.11 Å². The van der Waals surface area contributed by atoms with Crippen LogP contribution in [0, 0.1) is 5.92 Å². The van der Waals surface area contributed by atoms with Crippen molar-refractivity contribution in [3.63, 3.8) is 0 Å². The predicted molar refractivity (Wildman–Crippen MR) is 73.8 cm³/mol. The van der Waals surface area contributed by atoms with Gasteiger partial charge in [0.25, 0.3) is 0 Å². The molecule has 1 aromatic rings. The van der Waals surface area contributed by atoms with Crippen LogP contribution in [0.2, 0.25) is 0 Å². The molecule has 8 heteroatoms. The van der Waals surface area contributed by atoms with Crippen LogP contribution in [-0.2, 0) is 16.0 Å². The van der Waals surface area contributed by atoms with Crippen LogP contribution in [0.3, 0.4) is 0 Å². The van der Waals surface area contributed by atoms with Gasteiger partial charge in [-0.3, -0.25) is 9.59 Å². The molecule has 0 aromatic heterocycles. The number of hydrogen-bond acceptors (Lipinski definition) is 3. The fourth-order valence-corrected chi connectivity index (χ4v) is 2.46. The number of alkyl halides is 3. The van der Waals surface area contributed by atoms with Gasteiger partial charge in [0.2, 0.25) is 5.91 Å². The van der Waals surface area contributed by atoms with Crippen LogP contribution in [0.25, 0.3) is 0 Å². The van der Waals surface area contributed by atoms with Gasteiger partial charge < -0.3 is 14.7 Å². The maximum atomic E-state index is 12.0. The van der Waals surface area contributed by atoms with Crippen molar-refractivity contribution in [2.45, 2.75) is 25.6 Å². The smallest absolute Gasteiger partial charge is 0.481 e. The maximum Gasteiger partial charge on any atom is 0.573 e. The minimum Gasteiger partial charge on any atom is -0.481 e. The van der Waals surface area contributed by atoms with Crippen LogP contribution in [0.5, 0.6) is 5.75 Å². The number of nitrogens with zero attached hydrogens (tertiary/aromatic N) is 1. The summed E-state index contributed by atoms with van der Waals surface area (Å²) in [5.74, 6) is -1.88. The standard InChI is InChI=1S/C15H16F3NO4/c16-15(17,18)23-12-4-1-10(2-5-12)3-6-13(20)19-8-7-11(9-19)14(21)22/h1-2,4-5,11H,3,6-9H2,(H,21,22). The molecule has 1 amide bonds. The van der Waals surface area contributed by atoms with Gasteiger partial charge in [-0.2, -0.15) is 0 Å². The van der Waals surface area contributed by atoms with Gasteiger partial charge in [-0.15, -0.1) is 13.2 Å². The molecule has 1 aliphatic rings. The van der Waals surface area contributed by atoms with Crippen molar-refractivity contribution in [2.24, 2.45) is 5.92 Å². The van der Waals surface area contributed by atoms with Crippen molar-refractivity contribution >= 4 is 11.9 Å². The lowest BCUT2D eigenvalue weighted by molar-refractivity contribution is -0.274. The van der Waals surface area contributed by atoms with E-state index in [1.165, 1.54) is 29.2 Å². The summed E-state index contributed by atoms with van der Waals surface area (Å²) in [7, 11) is 0. The summed E-state index contributed by atoms with van der Waals surface area (Å²) in [5, 5.41) is 8.90. The number of benzene rings is 1. The highest BCUT2D eigenvalue weighted by Gasteiger charge is 2.31. The summed E-state index contributed by atoms with van der Waals surface area (Å²) < 4.78 is 39.9. The van der Waals surface area contributed by atoms with E-state index in [0.717, 1.165) is 0 Å². The number of amides is 1. The fourth-order valence-electron chi connectivity index (χ4n) is 2.46. The number of carboxylic acid groups (broad SMARTS) is 1. The Morgan fingerprint density at radius 3 is 2.43 bits per heavy atom. The number of rotatable bonds is 5. The quantitative estimate of drug-likeness (QED) is 0.900. The molecule has 1 fully saturated rings. The summed E-state index contributed by atoms with van der Waals surface area (Å²) in [6, 6.07) is 5.34. The largest absolute Gasteiger partial charge is 0.573 e. The van der Waals surface area contributed by atoms with E-state index in [9.17, 15) is 22.8 Å². The molecule has 5 nitrogen and oxygen atoms in total. The van der Waals surface area contributed by atoms with Crippen molar-refractivity contribution < 1.29 is 32.6 Å². The van der Waals surface area contributed by atoms with Gasteiger partial charge in [-0.1, -0.05) is 12.1 Å². The summed E-state index contributed by atoms with van der Waals surface area (Å²) in [6.07, 6.45) is -3.72. The van der Waals surface area contributed by atoms with Crippen molar-refractivity contribution in [1.29, 1.82) is 0 Å². The van der Waals surface area contributed by atoms with Crippen LogP contribution >= 0.6 is 0 Å². The Kier molecular flexibility index (Phi) is 5.12. The average Bonchev–Trinajstić information content (AvgIpc) is 2.94. The highest BCUT2D eigenvalue weighted by molar-refractivity contribution is 5.78. The van der Waals surface area contributed by atoms with Crippen LogP contribution in [-0.4, -0.2) is 41.3 Å². The molecular formula is C15H16F3NO4. The highest BCUT2D eigenvalue weighted by atomic mass is 19.4. The van der Waals surface area contributed by atoms with Crippen LogP contribution in [0.4, 0.5) is 13.2 Å².